The molecule has 314 valence electrons. The first kappa shape index (κ1) is 42.4. The Morgan fingerprint density at radius 2 is 0.984 bits per heavy atom. The van der Waals surface area contributed by atoms with Crippen LogP contribution >= 0.6 is 0 Å². The van der Waals surface area contributed by atoms with Gasteiger partial charge in [-0.2, -0.15) is 13.2 Å². The summed E-state index contributed by atoms with van der Waals surface area (Å²) in [6, 6.07) is 52.5. The summed E-state index contributed by atoms with van der Waals surface area (Å²) in [5, 5.41) is 0. The standard InChI is InChI=1S/C57H55F3N2/c1-55(2,3)46-24-32-51(33-25-46)61(49-28-20-42(21-29-49)40-14-9-7-10-15-40)53-37-45(44-18-13-19-48(36-44)57(58,59)60)38-54(39-53)62(52-34-26-47(27-35-52)56(4,5)6)50-30-22-43(23-31-50)41-16-11-8-12-17-41/h7-26,28-34,36-37,39,45H,27,35,38H2,1-6H3/t45-/m1/s1. The number of hydrogen-bond donors (Lipinski definition) is 0. The highest BCUT2D eigenvalue weighted by Crippen LogP contribution is 2.45. The van der Waals surface area contributed by atoms with Crippen molar-refractivity contribution in [2.24, 2.45) is 5.41 Å². The maximum Gasteiger partial charge on any atom is 0.416 e. The van der Waals surface area contributed by atoms with E-state index < -0.39 is 11.7 Å². The summed E-state index contributed by atoms with van der Waals surface area (Å²) in [7, 11) is 0. The predicted molar refractivity (Wildman–Crippen MR) is 253 cm³/mol. The molecule has 2 aliphatic carbocycles. The normalized spacial score (nSPS) is 15.9. The van der Waals surface area contributed by atoms with E-state index in [0.29, 0.717) is 12.0 Å². The number of halogens is 3. The lowest BCUT2D eigenvalue weighted by atomic mass is 9.81. The number of rotatable bonds is 9. The molecule has 6 aromatic rings. The van der Waals surface area contributed by atoms with Gasteiger partial charge in [0.2, 0.25) is 0 Å². The Morgan fingerprint density at radius 3 is 1.47 bits per heavy atom. The van der Waals surface area contributed by atoms with E-state index in [4.69, 9.17) is 0 Å². The van der Waals surface area contributed by atoms with Gasteiger partial charge in [0.05, 0.1) is 5.56 Å². The summed E-state index contributed by atoms with van der Waals surface area (Å²) in [4.78, 5) is 4.61. The van der Waals surface area contributed by atoms with Gasteiger partial charge < -0.3 is 9.80 Å². The van der Waals surface area contributed by atoms with E-state index >= 15 is 0 Å². The van der Waals surface area contributed by atoms with Crippen LogP contribution in [0.4, 0.5) is 30.2 Å². The number of nitrogens with zero attached hydrogens (tertiary/aromatic N) is 2. The van der Waals surface area contributed by atoms with E-state index in [9.17, 15) is 13.2 Å². The van der Waals surface area contributed by atoms with Gasteiger partial charge in [-0.25, -0.2) is 0 Å². The minimum atomic E-state index is -4.46. The van der Waals surface area contributed by atoms with Gasteiger partial charge >= 0.3 is 6.18 Å². The molecule has 0 spiro atoms. The summed E-state index contributed by atoms with van der Waals surface area (Å²) < 4.78 is 43.0. The first-order chi connectivity index (χ1) is 29.6. The van der Waals surface area contributed by atoms with Crippen LogP contribution in [0.5, 0.6) is 0 Å². The molecule has 0 N–H and O–H groups in total. The Kier molecular flexibility index (Phi) is 11.8. The third-order valence-electron chi connectivity index (χ3n) is 12.1. The smallest absolute Gasteiger partial charge is 0.318 e. The molecule has 0 heterocycles. The Labute approximate surface area is 366 Å². The first-order valence-electron chi connectivity index (χ1n) is 21.6. The molecule has 0 bridgehead atoms. The zero-order valence-electron chi connectivity index (χ0n) is 36.5. The van der Waals surface area contributed by atoms with Gasteiger partial charge in [0.1, 0.15) is 0 Å². The summed E-state index contributed by atoms with van der Waals surface area (Å²) in [6.07, 6.45) is 6.71. The highest BCUT2D eigenvalue weighted by Gasteiger charge is 2.33. The lowest BCUT2D eigenvalue weighted by Gasteiger charge is -2.38. The Bertz CT molecular complexity index is 2620. The van der Waals surface area contributed by atoms with Crippen molar-refractivity contribution in [3.05, 3.63) is 221 Å². The summed E-state index contributed by atoms with van der Waals surface area (Å²) in [6.45, 7) is 13.4. The molecule has 0 aromatic heterocycles. The zero-order chi connectivity index (χ0) is 43.6. The summed E-state index contributed by atoms with van der Waals surface area (Å²) >= 11 is 0. The van der Waals surface area contributed by atoms with Crippen LogP contribution in [0.2, 0.25) is 0 Å². The van der Waals surface area contributed by atoms with Crippen LogP contribution in [0.3, 0.4) is 0 Å². The summed E-state index contributed by atoms with van der Waals surface area (Å²) in [5.41, 5.74) is 13.0. The van der Waals surface area contributed by atoms with Gasteiger partial charge in [0.15, 0.2) is 0 Å². The minimum Gasteiger partial charge on any atom is -0.318 e. The van der Waals surface area contributed by atoms with Crippen molar-refractivity contribution < 1.29 is 13.2 Å². The molecule has 8 rings (SSSR count). The zero-order valence-corrected chi connectivity index (χ0v) is 36.5. The molecule has 0 fully saturated rings. The van der Waals surface area contributed by atoms with E-state index in [0.717, 1.165) is 75.3 Å². The highest BCUT2D eigenvalue weighted by molar-refractivity contribution is 5.76. The Balaban J connectivity index is 1.32. The van der Waals surface area contributed by atoms with Crippen molar-refractivity contribution in [2.75, 3.05) is 9.80 Å². The second-order valence-corrected chi connectivity index (χ2v) is 18.6. The van der Waals surface area contributed by atoms with Crippen molar-refractivity contribution in [1.82, 2.24) is 0 Å². The molecule has 2 nitrogen and oxygen atoms in total. The van der Waals surface area contributed by atoms with Crippen LogP contribution in [0, 0.1) is 5.41 Å². The first-order valence-corrected chi connectivity index (χ1v) is 21.6. The van der Waals surface area contributed by atoms with Crippen molar-refractivity contribution in [3.8, 4) is 22.3 Å². The molecular weight excluding hydrogens is 770 g/mol. The predicted octanol–water partition coefficient (Wildman–Crippen LogP) is 16.6. The number of allylic oxidation sites excluding steroid dienone is 7. The van der Waals surface area contributed by atoms with Crippen LogP contribution in [0.15, 0.2) is 205 Å². The number of benzene rings is 6. The van der Waals surface area contributed by atoms with Gasteiger partial charge in [-0.3, -0.25) is 0 Å². The van der Waals surface area contributed by atoms with Gasteiger partial charge in [-0.05, 0) is 118 Å². The average Bonchev–Trinajstić information content (AvgIpc) is 3.27. The van der Waals surface area contributed by atoms with E-state index in [1.54, 1.807) is 0 Å². The number of alkyl halides is 3. The van der Waals surface area contributed by atoms with Crippen molar-refractivity contribution in [1.29, 1.82) is 0 Å². The second-order valence-electron chi connectivity index (χ2n) is 18.6. The Hall–Kier alpha value is -6.33. The van der Waals surface area contributed by atoms with Crippen molar-refractivity contribution in [2.45, 2.75) is 78.3 Å². The van der Waals surface area contributed by atoms with Crippen LogP contribution in [0.1, 0.15) is 83.4 Å². The Morgan fingerprint density at radius 1 is 0.468 bits per heavy atom. The molecule has 0 radical (unpaired) electrons. The monoisotopic (exact) mass is 824 g/mol. The third kappa shape index (κ3) is 9.43. The van der Waals surface area contributed by atoms with Gasteiger partial charge in [-0.15, -0.1) is 0 Å². The van der Waals surface area contributed by atoms with Crippen LogP contribution in [0.25, 0.3) is 22.3 Å². The average molecular weight is 825 g/mol. The fraction of sp³-hybridized carbons (Fsp3) is 0.228. The molecule has 6 aromatic carbocycles. The van der Waals surface area contributed by atoms with Gasteiger partial charge in [0, 0.05) is 40.1 Å². The second kappa shape index (κ2) is 17.2. The molecule has 62 heavy (non-hydrogen) atoms. The van der Waals surface area contributed by atoms with E-state index in [-0.39, 0.29) is 16.7 Å². The molecule has 2 aliphatic rings. The molecule has 0 aliphatic heterocycles. The van der Waals surface area contributed by atoms with Crippen molar-refractivity contribution in [3.63, 3.8) is 0 Å². The molecule has 5 heteroatoms. The highest BCUT2D eigenvalue weighted by atomic mass is 19.4. The molecule has 1 atom stereocenters. The lowest BCUT2D eigenvalue weighted by molar-refractivity contribution is -0.137. The molecule has 0 amide bonds. The largest absolute Gasteiger partial charge is 0.416 e. The maximum atomic E-state index is 14.3. The fourth-order valence-electron chi connectivity index (χ4n) is 8.60. The van der Waals surface area contributed by atoms with E-state index in [1.807, 2.05) is 42.5 Å². The summed E-state index contributed by atoms with van der Waals surface area (Å²) in [5.74, 6) is -0.358. The minimum absolute atomic E-state index is 0.0396. The molecule has 0 saturated heterocycles. The van der Waals surface area contributed by atoms with Crippen molar-refractivity contribution >= 4 is 17.1 Å². The van der Waals surface area contributed by atoms with E-state index in [2.05, 4.69) is 173 Å². The van der Waals surface area contributed by atoms with Crippen LogP contribution in [-0.4, -0.2) is 0 Å². The van der Waals surface area contributed by atoms with Crippen LogP contribution in [-0.2, 0) is 11.6 Å². The number of hydrogen-bond acceptors (Lipinski definition) is 2. The quantitative estimate of drug-likeness (QED) is 0.143. The topological polar surface area (TPSA) is 6.48 Å². The SMILES string of the molecule is CC(C)(C)C1=CC=C(N(C2=CC(N(c3ccc(-c4ccccc4)cc3)c3ccc(C(C)(C)C)cc3)=C[C@@H](c3cccc(C(F)(F)F)c3)C2)c2ccc(-c3ccccc3)cc2)CC1. The van der Waals surface area contributed by atoms with Gasteiger partial charge in [0.25, 0.3) is 0 Å². The number of anilines is 3. The lowest BCUT2D eigenvalue weighted by Crippen LogP contribution is -2.28. The van der Waals surface area contributed by atoms with E-state index in [1.165, 1.54) is 23.3 Å². The van der Waals surface area contributed by atoms with Gasteiger partial charge in [-0.1, -0.05) is 175 Å². The van der Waals surface area contributed by atoms with Crippen LogP contribution < -0.4 is 9.80 Å². The fourth-order valence-corrected chi connectivity index (χ4v) is 8.60. The maximum absolute atomic E-state index is 14.3. The molecular formula is C57H55F3N2. The molecule has 0 unspecified atom stereocenters. The third-order valence-corrected chi connectivity index (χ3v) is 12.1. The molecule has 0 saturated carbocycles.